The molecule has 1 N–H and O–H groups in total. The molecular formula is C33H34N4O3. The molecule has 0 bridgehead atoms. The van der Waals surface area contributed by atoms with Crippen molar-refractivity contribution < 1.29 is 4.52 Å². The highest BCUT2D eigenvalue weighted by Gasteiger charge is 2.18. The number of hydrogen-bond donors (Lipinski definition) is 1. The van der Waals surface area contributed by atoms with E-state index < -0.39 is 5.76 Å². The normalized spacial score (nSPS) is 12.0. The highest BCUT2D eigenvalue weighted by atomic mass is 16.5. The second-order valence-electron chi connectivity index (χ2n) is 10.3. The topological polar surface area (TPSA) is 93.8 Å². The third-order valence-corrected chi connectivity index (χ3v) is 7.40. The lowest BCUT2D eigenvalue weighted by molar-refractivity contribution is 0.388. The number of rotatable bonds is 10. The first-order valence-corrected chi connectivity index (χ1v) is 13.8. The van der Waals surface area contributed by atoms with Gasteiger partial charge in [0.1, 0.15) is 5.82 Å². The average molecular weight is 535 g/mol. The predicted molar refractivity (Wildman–Crippen MR) is 158 cm³/mol. The maximum Gasteiger partial charge on any atom is 0.439 e. The van der Waals surface area contributed by atoms with Crippen LogP contribution in [-0.2, 0) is 19.4 Å². The molecule has 0 saturated carbocycles. The van der Waals surface area contributed by atoms with Crippen molar-refractivity contribution in [1.82, 2.24) is 19.7 Å². The molecule has 0 aliphatic carbocycles. The van der Waals surface area contributed by atoms with Crippen LogP contribution < -0.4 is 11.3 Å². The van der Waals surface area contributed by atoms with E-state index in [1.807, 2.05) is 66.1 Å². The first-order chi connectivity index (χ1) is 19.4. The highest BCUT2D eigenvalue weighted by molar-refractivity contribution is 5.80. The maximum atomic E-state index is 13.9. The Labute approximate surface area is 233 Å². The fourth-order valence-electron chi connectivity index (χ4n) is 5.15. The Hall–Kier alpha value is -4.52. The van der Waals surface area contributed by atoms with Gasteiger partial charge in [-0.05, 0) is 47.9 Å². The van der Waals surface area contributed by atoms with Crippen molar-refractivity contribution in [1.29, 1.82) is 0 Å². The molecule has 204 valence electrons. The summed E-state index contributed by atoms with van der Waals surface area (Å²) in [4.78, 5) is 33.0. The van der Waals surface area contributed by atoms with Crippen molar-refractivity contribution >= 4 is 0 Å². The number of H-pyrrole nitrogens is 1. The predicted octanol–water partition coefficient (Wildman–Crippen LogP) is 6.30. The van der Waals surface area contributed by atoms with Crippen LogP contribution in [-0.4, -0.2) is 19.7 Å². The number of aromatic amines is 1. The number of unbranched alkanes of at least 4 members (excludes halogenated alkanes) is 1. The number of benzene rings is 3. The van der Waals surface area contributed by atoms with Gasteiger partial charge in [0.2, 0.25) is 0 Å². The van der Waals surface area contributed by atoms with E-state index in [1.165, 1.54) is 5.56 Å². The minimum Gasteiger partial charge on any atom is -0.296 e. The van der Waals surface area contributed by atoms with E-state index in [9.17, 15) is 9.59 Å². The lowest BCUT2D eigenvalue weighted by atomic mass is 9.96. The van der Waals surface area contributed by atoms with Crippen molar-refractivity contribution in [2.75, 3.05) is 0 Å². The molecule has 2 aromatic heterocycles. The monoisotopic (exact) mass is 534 g/mol. The van der Waals surface area contributed by atoms with Gasteiger partial charge in [0.15, 0.2) is 5.82 Å². The molecule has 1 atom stereocenters. The Balaban J connectivity index is 1.46. The van der Waals surface area contributed by atoms with Crippen LogP contribution in [0, 0.1) is 6.92 Å². The minimum atomic E-state index is -0.588. The molecule has 3 aromatic carbocycles. The summed E-state index contributed by atoms with van der Waals surface area (Å²) in [7, 11) is 0. The lowest BCUT2D eigenvalue weighted by Gasteiger charge is -2.19. The molecule has 0 aliphatic rings. The molecule has 5 rings (SSSR count). The summed E-state index contributed by atoms with van der Waals surface area (Å²) in [6.45, 7) is 6.83. The zero-order valence-corrected chi connectivity index (χ0v) is 23.2. The number of hydrogen-bond acceptors (Lipinski definition) is 5. The molecule has 0 fully saturated rings. The molecule has 40 heavy (non-hydrogen) atoms. The van der Waals surface area contributed by atoms with Crippen LogP contribution in [0.25, 0.3) is 22.5 Å². The molecule has 0 amide bonds. The van der Waals surface area contributed by atoms with Gasteiger partial charge in [-0.25, -0.2) is 9.78 Å². The summed E-state index contributed by atoms with van der Waals surface area (Å²) >= 11 is 0. The van der Waals surface area contributed by atoms with Crippen LogP contribution in [0.1, 0.15) is 60.8 Å². The van der Waals surface area contributed by atoms with Crippen LogP contribution in [0.4, 0.5) is 0 Å². The molecule has 0 radical (unpaired) electrons. The van der Waals surface area contributed by atoms with Crippen LogP contribution >= 0.6 is 0 Å². The Bertz CT molecular complexity index is 1700. The number of nitrogens with one attached hydrogen (secondary N) is 1. The number of nitrogens with zero attached hydrogens (tertiary/aromatic N) is 3. The van der Waals surface area contributed by atoms with Gasteiger partial charge < -0.3 is 0 Å². The number of aryl methyl sites for hydroxylation is 2. The van der Waals surface area contributed by atoms with Crippen molar-refractivity contribution in [2.24, 2.45) is 0 Å². The molecule has 2 heterocycles. The molecular weight excluding hydrogens is 500 g/mol. The van der Waals surface area contributed by atoms with Gasteiger partial charge in [0, 0.05) is 24.1 Å². The summed E-state index contributed by atoms with van der Waals surface area (Å²) < 4.78 is 6.55. The molecule has 7 nitrogen and oxygen atoms in total. The summed E-state index contributed by atoms with van der Waals surface area (Å²) in [6.07, 6.45) is 3.34. The van der Waals surface area contributed by atoms with E-state index in [1.54, 1.807) is 0 Å². The SMILES string of the molecule is CCCCc1nc(C)n(CC(C)c2ccccc2)c(=O)c1Cc1ccc(-c2ccccc2-c2noc(=O)[nH]2)cc1. The number of aromatic nitrogens is 4. The van der Waals surface area contributed by atoms with Crippen LogP contribution in [0.3, 0.4) is 0 Å². The summed E-state index contributed by atoms with van der Waals surface area (Å²) in [5.41, 5.74) is 6.65. The minimum absolute atomic E-state index is 0.0470. The van der Waals surface area contributed by atoms with Crippen LogP contribution in [0.15, 0.2) is 93.0 Å². The highest BCUT2D eigenvalue weighted by Crippen LogP contribution is 2.30. The Morgan fingerprint density at radius 3 is 2.30 bits per heavy atom. The molecule has 7 heteroatoms. The second-order valence-corrected chi connectivity index (χ2v) is 10.3. The summed E-state index contributed by atoms with van der Waals surface area (Å²) in [5, 5.41) is 3.86. The standard InChI is InChI=1S/C33H34N4O3/c1-4-5-15-30-29(32(38)37(23(3)34-30)21-22(2)25-11-7-6-8-12-25)20-24-16-18-26(19-17-24)27-13-9-10-14-28(27)31-35-33(39)40-36-31/h6-14,16-19,22H,4-5,15,20-21H2,1-3H3,(H,35,36,39). The van der Waals surface area contributed by atoms with E-state index in [-0.39, 0.29) is 11.5 Å². The van der Waals surface area contributed by atoms with Gasteiger partial charge in [0.05, 0.1) is 5.69 Å². The van der Waals surface area contributed by atoms with E-state index >= 15 is 0 Å². The summed E-state index contributed by atoms with van der Waals surface area (Å²) in [6, 6.07) is 26.2. The largest absolute Gasteiger partial charge is 0.439 e. The van der Waals surface area contributed by atoms with Gasteiger partial charge in [-0.2, -0.15) is 0 Å². The van der Waals surface area contributed by atoms with Crippen molar-refractivity contribution in [3.05, 3.63) is 128 Å². The van der Waals surface area contributed by atoms with Gasteiger partial charge in [0.25, 0.3) is 5.56 Å². The van der Waals surface area contributed by atoms with E-state index in [4.69, 9.17) is 9.51 Å². The van der Waals surface area contributed by atoms with Gasteiger partial charge >= 0.3 is 5.76 Å². The zero-order chi connectivity index (χ0) is 28.1. The molecule has 0 aliphatic heterocycles. The van der Waals surface area contributed by atoms with Crippen LogP contribution in [0.5, 0.6) is 0 Å². The molecule has 5 aromatic rings. The zero-order valence-electron chi connectivity index (χ0n) is 23.2. The molecule has 0 spiro atoms. The first kappa shape index (κ1) is 27.1. The van der Waals surface area contributed by atoms with Gasteiger partial charge in [-0.1, -0.05) is 104 Å². The van der Waals surface area contributed by atoms with E-state index in [2.05, 4.69) is 48.3 Å². The van der Waals surface area contributed by atoms with Crippen molar-refractivity contribution in [2.45, 2.75) is 58.9 Å². The third-order valence-electron chi connectivity index (χ3n) is 7.40. The van der Waals surface area contributed by atoms with Gasteiger partial charge in [-0.3, -0.25) is 18.9 Å². The first-order valence-electron chi connectivity index (χ1n) is 13.8. The van der Waals surface area contributed by atoms with E-state index in [0.717, 1.165) is 58.6 Å². The fourth-order valence-corrected chi connectivity index (χ4v) is 5.15. The lowest BCUT2D eigenvalue weighted by Crippen LogP contribution is -2.31. The molecule has 1 unspecified atom stereocenters. The maximum absolute atomic E-state index is 13.9. The Kier molecular flexibility index (Phi) is 8.20. The van der Waals surface area contributed by atoms with Crippen LogP contribution in [0.2, 0.25) is 0 Å². The second kappa shape index (κ2) is 12.1. The third kappa shape index (κ3) is 5.88. The average Bonchev–Trinajstić information content (AvgIpc) is 3.42. The fraction of sp³-hybridized carbons (Fsp3) is 0.273. The Morgan fingerprint density at radius 1 is 0.925 bits per heavy atom. The Morgan fingerprint density at radius 2 is 1.62 bits per heavy atom. The smallest absolute Gasteiger partial charge is 0.296 e. The van der Waals surface area contributed by atoms with Gasteiger partial charge in [-0.15, -0.1) is 0 Å². The quantitative estimate of drug-likeness (QED) is 0.227. The van der Waals surface area contributed by atoms with Crippen molar-refractivity contribution in [3.63, 3.8) is 0 Å². The van der Waals surface area contributed by atoms with E-state index in [0.29, 0.717) is 18.8 Å². The summed E-state index contributed by atoms with van der Waals surface area (Å²) in [5.74, 6) is 0.754. The molecule has 0 saturated heterocycles. The van der Waals surface area contributed by atoms with Crippen molar-refractivity contribution in [3.8, 4) is 22.5 Å².